The van der Waals surface area contributed by atoms with Gasteiger partial charge in [0.15, 0.2) is 23.1 Å². The maximum absolute atomic E-state index is 13.6. The van der Waals surface area contributed by atoms with Gasteiger partial charge in [0.25, 0.3) is 0 Å². The van der Waals surface area contributed by atoms with E-state index in [1.165, 1.54) is 0 Å². The van der Waals surface area contributed by atoms with Crippen molar-refractivity contribution in [2.45, 2.75) is 123 Å². The molecule has 0 aromatic heterocycles. The predicted molar refractivity (Wildman–Crippen MR) is 209 cm³/mol. The predicted octanol–water partition coefficient (Wildman–Crippen LogP) is 6.17. The number of hydrogen-bond acceptors (Lipinski definition) is 10. The van der Waals surface area contributed by atoms with Gasteiger partial charge in [-0.25, -0.2) is 0 Å². The molecule has 8 aliphatic carbocycles. The molecule has 0 spiro atoms. The second-order valence-corrected chi connectivity index (χ2v) is 20.0. The van der Waals surface area contributed by atoms with Gasteiger partial charge in [-0.15, -0.1) is 0 Å². The van der Waals surface area contributed by atoms with Gasteiger partial charge in [0.05, 0.1) is 12.2 Å². The van der Waals surface area contributed by atoms with Crippen LogP contribution in [0.2, 0.25) is 0 Å². The molecule has 0 aromatic carbocycles. The Hall–Kier alpha value is -3.50. The van der Waals surface area contributed by atoms with Crippen LogP contribution in [0.1, 0.15) is 111 Å². The Bertz CT molecular complexity index is 1740. The van der Waals surface area contributed by atoms with Gasteiger partial charge in [0.2, 0.25) is 0 Å². The SMILES string of the molecule is CC12C=CC(=O)C=C1CCC1C2C(O)CC2(C)C(C(=O)COC(=O)CCCC(=O)OCC(=O)C3CCC4C5CCC6=CC(=O)C=CC6(C)C5C(O)CC34C)CCC12. The molecule has 57 heavy (non-hydrogen) atoms. The summed E-state index contributed by atoms with van der Waals surface area (Å²) in [5.41, 5.74) is 0.648. The summed E-state index contributed by atoms with van der Waals surface area (Å²) in [7, 11) is 0. The van der Waals surface area contributed by atoms with Crippen molar-refractivity contribution in [1.82, 2.24) is 0 Å². The van der Waals surface area contributed by atoms with Gasteiger partial charge in [-0.3, -0.25) is 28.8 Å². The largest absolute Gasteiger partial charge is 0.458 e. The average molecular weight is 785 g/mol. The molecule has 14 atom stereocenters. The molecule has 2 N–H and O–H groups in total. The van der Waals surface area contributed by atoms with Crippen LogP contribution in [0.25, 0.3) is 0 Å². The first-order valence-electron chi connectivity index (χ1n) is 21.6. The molecule has 10 heteroatoms. The zero-order chi connectivity index (χ0) is 40.7. The lowest BCUT2D eigenvalue weighted by molar-refractivity contribution is -0.155. The minimum absolute atomic E-state index is 0.000850. The lowest BCUT2D eigenvalue weighted by Gasteiger charge is -2.58. The number of aliphatic hydroxyl groups excluding tert-OH is 2. The van der Waals surface area contributed by atoms with Crippen molar-refractivity contribution in [3.05, 3.63) is 47.6 Å². The summed E-state index contributed by atoms with van der Waals surface area (Å²) in [4.78, 5) is 76.8. The molecular weight excluding hydrogens is 725 g/mol. The van der Waals surface area contributed by atoms with E-state index in [2.05, 4.69) is 27.7 Å². The third kappa shape index (κ3) is 6.59. The molecule has 0 aromatic rings. The number of aliphatic hydroxyl groups is 2. The Morgan fingerprint density at radius 1 is 0.632 bits per heavy atom. The van der Waals surface area contributed by atoms with Crippen LogP contribution in [0.5, 0.6) is 0 Å². The number of allylic oxidation sites excluding steroid dienone is 8. The highest BCUT2D eigenvalue weighted by Crippen LogP contribution is 2.67. The van der Waals surface area contributed by atoms with Gasteiger partial charge in [0, 0.05) is 47.3 Å². The highest BCUT2D eigenvalue weighted by Gasteiger charge is 2.64. The molecule has 8 aliphatic rings. The Morgan fingerprint density at radius 3 is 1.44 bits per heavy atom. The maximum atomic E-state index is 13.6. The molecule has 0 amide bonds. The third-order valence-corrected chi connectivity index (χ3v) is 17.3. The van der Waals surface area contributed by atoms with Crippen LogP contribution >= 0.6 is 0 Å². The zero-order valence-electron chi connectivity index (χ0n) is 34.0. The lowest BCUT2D eigenvalue weighted by atomic mass is 9.46. The Kier molecular flexibility index (Phi) is 10.4. The molecule has 0 radical (unpaired) electrons. The number of carbonyl (C=O) groups is 6. The summed E-state index contributed by atoms with van der Waals surface area (Å²) in [5, 5.41) is 23.2. The number of fused-ring (bicyclic) bond motifs is 10. The van der Waals surface area contributed by atoms with Crippen LogP contribution in [0, 0.1) is 69.0 Å². The Labute approximate surface area is 336 Å². The van der Waals surface area contributed by atoms with Crippen LogP contribution < -0.4 is 0 Å². The third-order valence-electron chi connectivity index (χ3n) is 17.3. The number of ketones is 4. The van der Waals surface area contributed by atoms with Crippen molar-refractivity contribution in [2.24, 2.45) is 69.0 Å². The number of hydrogen-bond donors (Lipinski definition) is 2. The van der Waals surface area contributed by atoms with Gasteiger partial charge in [-0.05, 0) is 129 Å². The van der Waals surface area contributed by atoms with Gasteiger partial charge in [-0.2, -0.15) is 0 Å². The lowest BCUT2D eigenvalue weighted by Crippen LogP contribution is -2.56. The molecular formula is C47H60O10. The van der Waals surface area contributed by atoms with Crippen LogP contribution in [0.4, 0.5) is 0 Å². The number of ether oxygens (including phenoxy) is 2. The zero-order valence-corrected chi connectivity index (χ0v) is 34.0. The summed E-state index contributed by atoms with van der Waals surface area (Å²) in [6.07, 6.45) is 17.0. The van der Waals surface area contributed by atoms with E-state index in [4.69, 9.17) is 9.47 Å². The van der Waals surface area contributed by atoms with Gasteiger partial charge >= 0.3 is 11.9 Å². The fourth-order valence-corrected chi connectivity index (χ4v) is 14.7. The Morgan fingerprint density at radius 2 is 1.04 bits per heavy atom. The summed E-state index contributed by atoms with van der Waals surface area (Å²) in [6, 6.07) is 0. The molecule has 0 bridgehead atoms. The fourth-order valence-electron chi connectivity index (χ4n) is 14.7. The molecule has 14 unspecified atom stereocenters. The van der Waals surface area contributed by atoms with E-state index in [0.717, 1.165) is 49.7 Å². The molecule has 0 saturated heterocycles. The highest BCUT2D eigenvalue weighted by atomic mass is 16.5. The maximum Gasteiger partial charge on any atom is 0.306 e. The number of esters is 2. The molecule has 8 rings (SSSR count). The summed E-state index contributed by atoms with van der Waals surface area (Å²) in [5.74, 6) is -1.08. The highest BCUT2D eigenvalue weighted by molar-refractivity contribution is 6.01. The topological polar surface area (TPSA) is 161 Å². The van der Waals surface area contributed by atoms with Crippen LogP contribution in [0.15, 0.2) is 47.6 Å². The second-order valence-electron chi connectivity index (χ2n) is 20.0. The number of Topliss-reactive ketones (excluding diaryl/α,β-unsaturated/α-hetero) is 2. The van der Waals surface area contributed by atoms with E-state index in [9.17, 15) is 39.0 Å². The summed E-state index contributed by atoms with van der Waals surface area (Å²) < 4.78 is 10.8. The number of rotatable bonds is 10. The van der Waals surface area contributed by atoms with Crippen LogP contribution in [-0.4, -0.2) is 70.7 Å². The first-order chi connectivity index (χ1) is 27.0. The van der Waals surface area contributed by atoms with Gasteiger partial charge in [0.1, 0.15) is 13.2 Å². The van der Waals surface area contributed by atoms with Crippen molar-refractivity contribution in [3.63, 3.8) is 0 Å². The van der Waals surface area contributed by atoms with Gasteiger partial charge in [-0.1, -0.05) is 51.0 Å². The van der Waals surface area contributed by atoms with Crippen LogP contribution in [-0.2, 0) is 38.2 Å². The molecule has 0 heterocycles. The van der Waals surface area contributed by atoms with Crippen molar-refractivity contribution < 1.29 is 48.5 Å². The molecule has 6 fully saturated rings. The number of carbonyl (C=O) groups excluding carboxylic acids is 6. The smallest absolute Gasteiger partial charge is 0.306 e. The van der Waals surface area contributed by atoms with E-state index in [1.54, 1.807) is 24.3 Å². The monoisotopic (exact) mass is 784 g/mol. The molecule has 0 aliphatic heterocycles. The van der Waals surface area contributed by atoms with E-state index < -0.39 is 35.0 Å². The molecule has 308 valence electrons. The van der Waals surface area contributed by atoms with Gasteiger partial charge < -0.3 is 19.7 Å². The standard InChI is InChI=1S/C47H60O10/c1-44-18-16-28(48)20-26(44)8-10-30-32-12-14-34(46(32,3)22-36(50)42(30)44)38(52)24-56-40(54)6-5-7-41(55)57-25-39(53)35-15-13-33-31-11-9-27-21-29(49)17-19-45(27,2)43(31)37(51)23-47(33,35)4/h16-21,30-37,42-43,50-51H,5-15,22-25H2,1-4H3. The van der Waals surface area contributed by atoms with E-state index in [-0.39, 0.29) is 114 Å². The minimum Gasteiger partial charge on any atom is -0.458 e. The molecule has 6 saturated carbocycles. The molecule has 10 nitrogen and oxygen atoms in total. The average Bonchev–Trinajstić information content (AvgIpc) is 3.69. The van der Waals surface area contributed by atoms with Crippen molar-refractivity contribution in [2.75, 3.05) is 13.2 Å². The van der Waals surface area contributed by atoms with E-state index in [0.29, 0.717) is 25.7 Å². The van der Waals surface area contributed by atoms with Crippen molar-refractivity contribution in [3.8, 4) is 0 Å². The summed E-state index contributed by atoms with van der Waals surface area (Å²) >= 11 is 0. The summed E-state index contributed by atoms with van der Waals surface area (Å²) in [6.45, 7) is 7.81. The minimum atomic E-state index is -0.615. The van der Waals surface area contributed by atoms with E-state index >= 15 is 0 Å². The fraction of sp³-hybridized carbons (Fsp3) is 0.702. The first kappa shape index (κ1) is 40.3. The van der Waals surface area contributed by atoms with Crippen LogP contribution in [0.3, 0.4) is 0 Å². The van der Waals surface area contributed by atoms with Crippen molar-refractivity contribution in [1.29, 1.82) is 0 Å². The van der Waals surface area contributed by atoms with E-state index in [1.807, 2.05) is 12.2 Å². The quantitative estimate of drug-likeness (QED) is 0.245. The second kappa shape index (κ2) is 14.6. The van der Waals surface area contributed by atoms with Crippen molar-refractivity contribution >= 4 is 35.1 Å². The normalized spacial score (nSPS) is 44.0. The Balaban J connectivity index is 0.779. The first-order valence-corrected chi connectivity index (χ1v) is 21.6.